The Hall–Kier alpha value is -2.10. The fraction of sp³-hybridized carbons (Fsp3) is 0.167. The lowest BCUT2D eigenvalue weighted by Gasteiger charge is -2.02. The van der Waals surface area contributed by atoms with Gasteiger partial charge in [-0.25, -0.2) is 0 Å². The Morgan fingerprint density at radius 3 is 2.88 bits per heavy atom. The third-order valence-electron chi connectivity index (χ3n) is 2.47. The second-order valence-corrected chi connectivity index (χ2v) is 3.57. The van der Waals surface area contributed by atoms with E-state index in [0.717, 1.165) is 17.0 Å². The van der Waals surface area contributed by atoms with Crippen molar-refractivity contribution in [1.82, 2.24) is 15.4 Å². The molecule has 0 saturated carbocycles. The molecule has 2 aromatic rings. The van der Waals surface area contributed by atoms with E-state index in [-0.39, 0.29) is 0 Å². The van der Waals surface area contributed by atoms with Gasteiger partial charge in [0, 0.05) is 12.0 Å². The van der Waals surface area contributed by atoms with E-state index in [1.54, 1.807) is 0 Å². The number of aromatic amines is 1. The molecular formula is C12H14N4. The van der Waals surface area contributed by atoms with Crippen LogP contribution in [0, 0.1) is 6.92 Å². The fourth-order valence-corrected chi connectivity index (χ4v) is 1.63. The van der Waals surface area contributed by atoms with Gasteiger partial charge < -0.3 is 5.73 Å². The van der Waals surface area contributed by atoms with E-state index >= 15 is 0 Å². The zero-order valence-corrected chi connectivity index (χ0v) is 9.14. The molecule has 0 spiro atoms. The van der Waals surface area contributed by atoms with Gasteiger partial charge in [0.25, 0.3) is 0 Å². The predicted molar refractivity (Wildman–Crippen MR) is 63.6 cm³/mol. The summed E-state index contributed by atoms with van der Waals surface area (Å²) in [5.74, 6) is 0. The van der Waals surface area contributed by atoms with E-state index in [9.17, 15) is 0 Å². The van der Waals surface area contributed by atoms with Crippen molar-refractivity contribution in [1.29, 1.82) is 0 Å². The van der Waals surface area contributed by atoms with Gasteiger partial charge in [-0.2, -0.15) is 15.4 Å². The van der Waals surface area contributed by atoms with Crippen LogP contribution in [0.25, 0.3) is 11.3 Å². The summed E-state index contributed by atoms with van der Waals surface area (Å²) in [6.45, 7) is 2.06. The number of allylic oxidation sites excluding steroid dienone is 1. The van der Waals surface area contributed by atoms with Gasteiger partial charge >= 0.3 is 0 Å². The molecule has 0 saturated heterocycles. The highest BCUT2D eigenvalue weighted by Gasteiger charge is 2.10. The molecule has 0 aliphatic heterocycles. The molecule has 0 amide bonds. The van der Waals surface area contributed by atoms with Crippen molar-refractivity contribution in [3.8, 4) is 11.3 Å². The molecule has 0 bridgehead atoms. The highest BCUT2D eigenvalue weighted by Crippen LogP contribution is 2.23. The quantitative estimate of drug-likeness (QED) is 0.818. The molecule has 16 heavy (non-hydrogen) atoms. The van der Waals surface area contributed by atoms with E-state index < -0.39 is 0 Å². The Balaban J connectivity index is 2.41. The first-order valence-corrected chi connectivity index (χ1v) is 5.15. The zero-order chi connectivity index (χ0) is 11.4. The van der Waals surface area contributed by atoms with Crippen molar-refractivity contribution in [3.63, 3.8) is 0 Å². The maximum atomic E-state index is 5.32. The first-order chi connectivity index (χ1) is 7.83. The van der Waals surface area contributed by atoms with Crippen molar-refractivity contribution in [2.45, 2.75) is 13.3 Å². The third kappa shape index (κ3) is 1.95. The van der Waals surface area contributed by atoms with Gasteiger partial charge in [-0.05, 0) is 18.7 Å². The Bertz CT molecular complexity index is 499. The Labute approximate surface area is 94.2 Å². The van der Waals surface area contributed by atoms with Crippen molar-refractivity contribution < 1.29 is 0 Å². The van der Waals surface area contributed by atoms with Crippen LogP contribution in [0.4, 0.5) is 0 Å². The van der Waals surface area contributed by atoms with E-state index in [1.165, 1.54) is 11.8 Å². The summed E-state index contributed by atoms with van der Waals surface area (Å²) in [5, 5.41) is 11.0. The van der Waals surface area contributed by atoms with Gasteiger partial charge in [0.15, 0.2) is 0 Å². The molecule has 0 aliphatic carbocycles. The van der Waals surface area contributed by atoms with Crippen LogP contribution in [-0.2, 0) is 6.42 Å². The zero-order valence-electron chi connectivity index (χ0n) is 9.14. The number of nitrogens with zero attached hydrogens (tertiary/aromatic N) is 2. The molecule has 1 aromatic carbocycles. The Kier molecular flexibility index (Phi) is 3.00. The molecule has 0 radical (unpaired) electrons. The van der Waals surface area contributed by atoms with Gasteiger partial charge in [-0.15, -0.1) is 0 Å². The van der Waals surface area contributed by atoms with E-state index in [1.807, 2.05) is 24.3 Å². The van der Waals surface area contributed by atoms with E-state index in [4.69, 9.17) is 5.73 Å². The maximum absolute atomic E-state index is 5.32. The van der Waals surface area contributed by atoms with Crippen LogP contribution in [0.5, 0.6) is 0 Å². The summed E-state index contributed by atoms with van der Waals surface area (Å²) in [6.07, 6.45) is 4.08. The number of hydrogen-bond acceptors (Lipinski definition) is 3. The van der Waals surface area contributed by atoms with Crippen LogP contribution in [0.2, 0.25) is 0 Å². The molecule has 4 nitrogen and oxygen atoms in total. The molecule has 4 heteroatoms. The molecule has 3 N–H and O–H groups in total. The number of H-pyrrole nitrogens is 1. The fourth-order valence-electron chi connectivity index (χ4n) is 1.63. The Morgan fingerprint density at radius 1 is 1.31 bits per heavy atom. The largest absolute Gasteiger partial charge is 0.405 e. The minimum absolute atomic E-state index is 0.691. The lowest BCUT2D eigenvalue weighted by Crippen LogP contribution is -1.90. The van der Waals surface area contributed by atoms with Gasteiger partial charge in [-0.1, -0.05) is 30.3 Å². The van der Waals surface area contributed by atoms with Crippen LogP contribution in [0.15, 0.2) is 36.5 Å². The predicted octanol–water partition coefficient (Wildman–Crippen LogP) is 1.80. The number of aryl methyl sites for hydroxylation is 1. The highest BCUT2D eigenvalue weighted by atomic mass is 15.3. The van der Waals surface area contributed by atoms with Gasteiger partial charge in [0.2, 0.25) is 0 Å². The second-order valence-electron chi connectivity index (χ2n) is 3.57. The summed E-state index contributed by atoms with van der Waals surface area (Å²) < 4.78 is 0. The number of rotatable bonds is 3. The standard InChI is InChI=1S/C12H14N4/c1-9-5-2-3-6-10(9)12-11(7-4-8-13)14-16-15-12/h2-6,8H,7,13H2,1H3,(H,14,15,16). The smallest absolute Gasteiger partial charge is 0.116 e. The molecule has 1 heterocycles. The first kappa shape index (κ1) is 10.4. The lowest BCUT2D eigenvalue weighted by molar-refractivity contribution is 0.919. The maximum Gasteiger partial charge on any atom is 0.116 e. The SMILES string of the molecule is Cc1ccccc1-c1n[nH]nc1CC=CN. The summed E-state index contributed by atoms with van der Waals surface area (Å²) in [4.78, 5) is 0. The monoisotopic (exact) mass is 214 g/mol. The molecule has 0 unspecified atom stereocenters. The second kappa shape index (κ2) is 4.61. The van der Waals surface area contributed by atoms with Crippen molar-refractivity contribution in [3.05, 3.63) is 47.8 Å². The number of benzene rings is 1. The molecular weight excluding hydrogens is 200 g/mol. The summed E-state index contributed by atoms with van der Waals surface area (Å²) >= 11 is 0. The number of nitrogens with two attached hydrogens (primary N) is 1. The molecule has 1 aromatic heterocycles. The number of nitrogens with one attached hydrogen (secondary N) is 1. The van der Waals surface area contributed by atoms with Crippen molar-refractivity contribution >= 4 is 0 Å². The normalized spacial score (nSPS) is 11.1. The summed E-state index contributed by atoms with van der Waals surface area (Å²) in [5.41, 5.74) is 9.43. The van der Waals surface area contributed by atoms with Crippen LogP contribution >= 0.6 is 0 Å². The molecule has 82 valence electrons. The summed E-state index contributed by atoms with van der Waals surface area (Å²) in [6, 6.07) is 8.12. The topological polar surface area (TPSA) is 67.6 Å². The summed E-state index contributed by atoms with van der Waals surface area (Å²) in [7, 11) is 0. The van der Waals surface area contributed by atoms with Crippen LogP contribution in [-0.4, -0.2) is 15.4 Å². The van der Waals surface area contributed by atoms with Gasteiger partial charge in [0.05, 0.1) is 5.69 Å². The van der Waals surface area contributed by atoms with Crippen LogP contribution < -0.4 is 5.73 Å². The van der Waals surface area contributed by atoms with Gasteiger partial charge in [-0.3, -0.25) is 0 Å². The van der Waals surface area contributed by atoms with Crippen LogP contribution in [0.3, 0.4) is 0 Å². The molecule has 0 fully saturated rings. The van der Waals surface area contributed by atoms with Gasteiger partial charge in [0.1, 0.15) is 5.69 Å². The first-order valence-electron chi connectivity index (χ1n) is 5.15. The highest BCUT2D eigenvalue weighted by molar-refractivity contribution is 5.65. The van der Waals surface area contributed by atoms with E-state index in [2.05, 4.69) is 28.4 Å². The van der Waals surface area contributed by atoms with Crippen molar-refractivity contribution in [2.24, 2.45) is 5.73 Å². The average molecular weight is 214 g/mol. The molecule has 0 atom stereocenters. The Morgan fingerprint density at radius 2 is 2.12 bits per heavy atom. The molecule has 2 rings (SSSR count). The molecule has 0 aliphatic rings. The number of aromatic nitrogens is 3. The lowest BCUT2D eigenvalue weighted by atomic mass is 10.0. The minimum atomic E-state index is 0.691. The minimum Gasteiger partial charge on any atom is -0.405 e. The average Bonchev–Trinajstić information content (AvgIpc) is 2.75. The van der Waals surface area contributed by atoms with Crippen LogP contribution in [0.1, 0.15) is 11.3 Å². The third-order valence-corrected chi connectivity index (χ3v) is 2.47. The number of hydrogen-bond donors (Lipinski definition) is 2. The van der Waals surface area contributed by atoms with Crippen molar-refractivity contribution in [2.75, 3.05) is 0 Å². The van der Waals surface area contributed by atoms with E-state index in [0.29, 0.717) is 6.42 Å².